The summed E-state index contributed by atoms with van der Waals surface area (Å²) in [6.45, 7) is 4.38. The van der Waals surface area contributed by atoms with Crippen molar-refractivity contribution < 1.29 is 8.81 Å². The summed E-state index contributed by atoms with van der Waals surface area (Å²) < 4.78 is 20.7. The van der Waals surface area contributed by atoms with E-state index in [-0.39, 0.29) is 5.58 Å². The quantitative estimate of drug-likeness (QED) is 0.139. The predicted molar refractivity (Wildman–Crippen MR) is 136 cm³/mol. The van der Waals surface area contributed by atoms with Gasteiger partial charge in [0.25, 0.3) is 0 Å². The van der Waals surface area contributed by atoms with E-state index in [1.165, 1.54) is 37.7 Å². The summed E-state index contributed by atoms with van der Waals surface area (Å²) >= 11 is 0. The van der Waals surface area contributed by atoms with Crippen LogP contribution in [0, 0.1) is 5.82 Å². The molecule has 1 aromatic heterocycles. The highest BCUT2D eigenvalue weighted by Gasteiger charge is 2.15. The lowest BCUT2D eigenvalue weighted by Gasteiger charge is -2.09. The van der Waals surface area contributed by atoms with Crippen molar-refractivity contribution in [2.45, 2.75) is 71.6 Å². The van der Waals surface area contributed by atoms with Crippen molar-refractivity contribution >= 4 is 21.7 Å². The summed E-state index contributed by atoms with van der Waals surface area (Å²) in [6.07, 6.45) is 9.72. The first-order valence-electron chi connectivity index (χ1n) is 12.4. The molecular formula is C30H33FO2. The van der Waals surface area contributed by atoms with E-state index in [1.807, 2.05) is 30.3 Å². The number of unbranched alkanes of at least 4 members (excludes halogenated alkanes) is 5. The maximum absolute atomic E-state index is 15.2. The van der Waals surface area contributed by atoms with E-state index in [2.05, 4.69) is 38.1 Å². The monoisotopic (exact) mass is 444 g/mol. The predicted octanol–water partition coefficient (Wildman–Crippen LogP) is 8.61. The molecule has 0 spiro atoms. The Bertz CT molecular complexity index is 1280. The Morgan fingerprint density at radius 2 is 1.39 bits per heavy atom. The number of halogens is 1. The van der Waals surface area contributed by atoms with Crippen LogP contribution in [0.3, 0.4) is 0 Å². The average molecular weight is 445 g/mol. The van der Waals surface area contributed by atoms with Crippen LogP contribution in [0.5, 0.6) is 0 Å². The van der Waals surface area contributed by atoms with Crippen LogP contribution in [0.25, 0.3) is 32.9 Å². The largest absolute Gasteiger partial charge is 0.419 e. The van der Waals surface area contributed by atoms with Crippen LogP contribution in [0.4, 0.5) is 4.39 Å². The minimum absolute atomic E-state index is 0.0755. The van der Waals surface area contributed by atoms with E-state index in [1.54, 1.807) is 0 Å². The fourth-order valence-corrected chi connectivity index (χ4v) is 4.54. The molecule has 1 heterocycles. The lowest BCUT2D eigenvalue weighted by atomic mass is 9.97. The molecule has 0 saturated heterocycles. The lowest BCUT2D eigenvalue weighted by molar-refractivity contribution is 0.521. The Kier molecular flexibility index (Phi) is 7.59. The van der Waals surface area contributed by atoms with E-state index < -0.39 is 11.4 Å². The second kappa shape index (κ2) is 10.8. The molecule has 0 saturated carbocycles. The molecule has 172 valence electrons. The summed E-state index contributed by atoms with van der Waals surface area (Å²) in [5.41, 5.74) is 3.55. The van der Waals surface area contributed by atoms with E-state index in [9.17, 15) is 4.79 Å². The molecule has 0 bridgehead atoms. The molecule has 0 atom stereocenters. The number of hydrogen-bond acceptors (Lipinski definition) is 2. The van der Waals surface area contributed by atoms with Crippen LogP contribution < -0.4 is 5.63 Å². The van der Waals surface area contributed by atoms with E-state index in [0.29, 0.717) is 22.8 Å². The molecule has 4 aromatic rings. The molecule has 3 heteroatoms. The van der Waals surface area contributed by atoms with Gasteiger partial charge in [0.15, 0.2) is 11.4 Å². The van der Waals surface area contributed by atoms with Gasteiger partial charge in [-0.05, 0) is 54.0 Å². The molecule has 0 radical (unpaired) electrons. The van der Waals surface area contributed by atoms with Crippen molar-refractivity contribution in [3.05, 3.63) is 82.0 Å². The van der Waals surface area contributed by atoms with Crippen LogP contribution in [0.2, 0.25) is 0 Å². The van der Waals surface area contributed by atoms with Crippen molar-refractivity contribution in [2.75, 3.05) is 0 Å². The lowest BCUT2D eigenvalue weighted by Crippen LogP contribution is -2.03. The molecule has 33 heavy (non-hydrogen) atoms. The molecule has 0 aliphatic carbocycles. The van der Waals surface area contributed by atoms with Gasteiger partial charge in [-0.25, -0.2) is 9.18 Å². The summed E-state index contributed by atoms with van der Waals surface area (Å²) in [5.74, 6) is -0.395. The Labute approximate surface area is 195 Å². The van der Waals surface area contributed by atoms with Gasteiger partial charge in [0.1, 0.15) is 0 Å². The molecule has 0 fully saturated rings. The normalized spacial score (nSPS) is 11.5. The van der Waals surface area contributed by atoms with E-state index >= 15 is 4.39 Å². The molecular weight excluding hydrogens is 411 g/mol. The summed E-state index contributed by atoms with van der Waals surface area (Å²) in [5, 5.41) is 1.87. The first-order chi connectivity index (χ1) is 16.1. The zero-order valence-corrected chi connectivity index (χ0v) is 19.8. The van der Waals surface area contributed by atoms with Gasteiger partial charge in [-0.1, -0.05) is 94.5 Å². The molecule has 0 aliphatic heterocycles. The SMILES string of the molecule is CCCCCCCc1ccc2c(oc(=O)c3cc(-c4ccc(CCCC)cc4)ccc32)c1F. The van der Waals surface area contributed by atoms with Gasteiger partial charge in [-0.3, -0.25) is 0 Å². The Morgan fingerprint density at radius 3 is 2.15 bits per heavy atom. The van der Waals surface area contributed by atoms with Gasteiger partial charge in [-0.15, -0.1) is 0 Å². The van der Waals surface area contributed by atoms with Crippen LogP contribution in [-0.4, -0.2) is 0 Å². The first-order valence-corrected chi connectivity index (χ1v) is 12.4. The fourth-order valence-electron chi connectivity index (χ4n) is 4.54. The van der Waals surface area contributed by atoms with E-state index in [4.69, 9.17) is 4.42 Å². The van der Waals surface area contributed by atoms with Crippen molar-refractivity contribution in [2.24, 2.45) is 0 Å². The number of hydrogen-bond donors (Lipinski definition) is 0. The molecule has 0 aliphatic rings. The minimum Gasteiger partial charge on any atom is -0.419 e. The van der Waals surface area contributed by atoms with Gasteiger partial charge in [0.2, 0.25) is 0 Å². The van der Waals surface area contributed by atoms with Crippen LogP contribution in [0.1, 0.15) is 69.9 Å². The fraction of sp³-hybridized carbons (Fsp3) is 0.367. The Hall–Kier alpha value is -2.94. The molecule has 3 aromatic carbocycles. The summed E-state index contributed by atoms with van der Waals surface area (Å²) in [7, 11) is 0. The van der Waals surface area contributed by atoms with Crippen LogP contribution in [-0.2, 0) is 12.8 Å². The van der Waals surface area contributed by atoms with Crippen molar-refractivity contribution in [1.82, 2.24) is 0 Å². The van der Waals surface area contributed by atoms with Crippen molar-refractivity contribution in [3.63, 3.8) is 0 Å². The first kappa shape index (κ1) is 23.2. The number of fused-ring (bicyclic) bond motifs is 3. The zero-order chi connectivity index (χ0) is 23.2. The smallest absolute Gasteiger partial charge is 0.344 e. The number of benzene rings is 3. The van der Waals surface area contributed by atoms with Gasteiger partial charge in [0, 0.05) is 10.8 Å². The van der Waals surface area contributed by atoms with Gasteiger partial charge in [-0.2, -0.15) is 0 Å². The maximum atomic E-state index is 15.2. The van der Waals surface area contributed by atoms with Gasteiger partial charge < -0.3 is 4.42 Å². The van der Waals surface area contributed by atoms with Crippen LogP contribution in [0.15, 0.2) is 63.8 Å². The third kappa shape index (κ3) is 5.19. The Morgan fingerprint density at radius 1 is 0.697 bits per heavy atom. The third-order valence-corrected chi connectivity index (χ3v) is 6.56. The third-order valence-electron chi connectivity index (χ3n) is 6.56. The van der Waals surface area contributed by atoms with Gasteiger partial charge in [0.05, 0.1) is 5.39 Å². The second-order valence-corrected chi connectivity index (χ2v) is 9.03. The highest BCUT2D eigenvalue weighted by atomic mass is 19.1. The molecule has 0 amide bonds. The molecule has 4 rings (SSSR count). The topological polar surface area (TPSA) is 30.2 Å². The average Bonchev–Trinajstić information content (AvgIpc) is 2.84. The summed E-state index contributed by atoms with van der Waals surface area (Å²) in [4.78, 5) is 12.8. The zero-order valence-electron chi connectivity index (χ0n) is 19.8. The van der Waals surface area contributed by atoms with Crippen LogP contribution >= 0.6 is 0 Å². The standard InChI is InChI=1S/C30H33FO2/c1-3-5-7-8-9-11-23-16-19-26-25-18-17-24(20-27(25)30(32)33-29(26)28(23)31)22-14-12-21(13-15-22)10-6-4-2/h12-20H,3-11H2,1-2H3. The number of aryl methyl sites for hydroxylation is 2. The second-order valence-electron chi connectivity index (χ2n) is 9.03. The van der Waals surface area contributed by atoms with E-state index in [0.717, 1.165) is 35.8 Å². The minimum atomic E-state index is -0.488. The molecule has 2 nitrogen and oxygen atoms in total. The highest BCUT2D eigenvalue weighted by Crippen LogP contribution is 2.30. The Balaban J connectivity index is 1.64. The van der Waals surface area contributed by atoms with Crippen molar-refractivity contribution in [1.29, 1.82) is 0 Å². The summed E-state index contributed by atoms with van der Waals surface area (Å²) in [6, 6.07) is 18.0. The molecule has 0 unspecified atom stereocenters. The number of rotatable bonds is 10. The maximum Gasteiger partial charge on any atom is 0.344 e. The van der Waals surface area contributed by atoms with Crippen molar-refractivity contribution in [3.8, 4) is 11.1 Å². The molecule has 0 N–H and O–H groups in total. The van der Waals surface area contributed by atoms with Gasteiger partial charge >= 0.3 is 5.63 Å². The highest BCUT2D eigenvalue weighted by molar-refractivity contribution is 6.05.